The molecular formula is C26H28FN5O3. The van der Waals surface area contributed by atoms with Gasteiger partial charge in [0.2, 0.25) is 0 Å². The monoisotopic (exact) mass is 477 g/mol. The molecule has 9 heteroatoms. The molecule has 0 fully saturated rings. The number of methoxy groups -OCH3 is 1. The summed E-state index contributed by atoms with van der Waals surface area (Å²) in [6.07, 6.45) is 3.26. The second kappa shape index (κ2) is 9.87. The Kier molecular flexibility index (Phi) is 6.50. The molecule has 0 bridgehead atoms. The van der Waals surface area contributed by atoms with Gasteiger partial charge in [-0.15, -0.1) is 0 Å². The summed E-state index contributed by atoms with van der Waals surface area (Å²) in [5, 5.41) is 4.05. The number of rotatable bonds is 8. The molecule has 35 heavy (non-hydrogen) atoms. The van der Waals surface area contributed by atoms with Crippen LogP contribution in [0.5, 0.6) is 11.5 Å². The predicted octanol–water partition coefficient (Wildman–Crippen LogP) is 4.95. The molecule has 3 heterocycles. The quantitative estimate of drug-likeness (QED) is 0.357. The van der Waals surface area contributed by atoms with Crippen molar-refractivity contribution in [2.45, 2.75) is 33.2 Å². The number of oxazole rings is 1. The number of anilines is 2. The van der Waals surface area contributed by atoms with Crippen LogP contribution in [0.25, 0.3) is 10.9 Å². The number of nitrogens with zero attached hydrogens (tertiary/aromatic N) is 4. The van der Waals surface area contributed by atoms with Gasteiger partial charge in [0, 0.05) is 43.6 Å². The number of hydrogen-bond acceptors (Lipinski definition) is 8. The van der Waals surface area contributed by atoms with Crippen molar-refractivity contribution < 1.29 is 18.3 Å². The first-order chi connectivity index (χ1) is 17.0. The summed E-state index contributed by atoms with van der Waals surface area (Å²) in [5.41, 5.74) is 3.10. The van der Waals surface area contributed by atoms with Crippen LogP contribution in [-0.2, 0) is 13.0 Å². The van der Waals surface area contributed by atoms with Crippen LogP contribution in [0.15, 0.2) is 41.1 Å². The van der Waals surface area contributed by atoms with E-state index in [1.165, 1.54) is 12.4 Å². The van der Waals surface area contributed by atoms with E-state index in [-0.39, 0.29) is 5.82 Å². The summed E-state index contributed by atoms with van der Waals surface area (Å²) < 4.78 is 31.0. The molecule has 2 aromatic carbocycles. The zero-order chi connectivity index (χ0) is 24.4. The fraction of sp³-hybridized carbons (Fsp3) is 0.346. The predicted molar refractivity (Wildman–Crippen MR) is 131 cm³/mol. The van der Waals surface area contributed by atoms with E-state index in [1.807, 2.05) is 19.1 Å². The Balaban J connectivity index is 1.27. The topological polar surface area (TPSA) is 85.5 Å². The minimum atomic E-state index is -0.246. The van der Waals surface area contributed by atoms with Crippen molar-refractivity contribution >= 4 is 22.4 Å². The molecular weight excluding hydrogens is 449 g/mol. The van der Waals surface area contributed by atoms with Crippen LogP contribution in [0.3, 0.4) is 0 Å². The number of ether oxygens (including phenoxy) is 2. The van der Waals surface area contributed by atoms with E-state index < -0.39 is 0 Å². The zero-order valence-corrected chi connectivity index (χ0v) is 20.1. The van der Waals surface area contributed by atoms with Gasteiger partial charge < -0.3 is 19.2 Å². The van der Waals surface area contributed by atoms with Gasteiger partial charge in [-0.25, -0.2) is 19.3 Å². The molecule has 1 aliphatic heterocycles. The number of fused-ring (bicyclic) bond motifs is 2. The van der Waals surface area contributed by atoms with Gasteiger partial charge in [0.1, 0.15) is 23.7 Å². The normalized spacial score (nSPS) is 13.6. The van der Waals surface area contributed by atoms with Crippen LogP contribution < -0.4 is 14.8 Å². The van der Waals surface area contributed by atoms with Gasteiger partial charge in [-0.2, -0.15) is 0 Å². The van der Waals surface area contributed by atoms with E-state index >= 15 is 0 Å². The van der Waals surface area contributed by atoms with Crippen LogP contribution in [0.2, 0.25) is 0 Å². The maximum atomic E-state index is 13.7. The van der Waals surface area contributed by atoms with E-state index in [0.717, 1.165) is 66.4 Å². The number of halogens is 1. The molecule has 8 nitrogen and oxygen atoms in total. The number of aryl methyl sites for hydroxylation is 2. The largest absolute Gasteiger partial charge is 0.493 e. The molecule has 0 spiro atoms. The molecule has 1 N–H and O–H groups in total. The van der Waals surface area contributed by atoms with E-state index in [1.54, 1.807) is 26.2 Å². The Labute approximate surface area is 203 Å². The standard InChI is InChI=1S/C26H28FN5O3/c1-16-11-18(5-6-20(16)27)31-26-19-12-24(23(33-3)13-22(19)28-15-29-26)34-10-4-8-32-9-7-21-25(14-32)35-17(2)30-21/h5-6,11-13,15H,4,7-10,14H2,1-3H3,(H,28,29,31). The molecule has 0 radical (unpaired) electrons. The Morgan fingerprint density at radius 2 is 2.03 bits per heavy atom. The first-order valence-electron chi connectivity index (χ1n) is 11.7. The Morgan fingerprint density at radius 3 is 2.86 bits per heavy atom. The fourth-order valence-electron chi connectivity index (χ4n) is 4.33. The maximum Gasteiger partial charge on any atom is 0.191 e. The fourth-order valence-corrected chi connectivity index (χ4v) is 4.33. The van der Waals surface area contributed by atoms with Crippen LogP contribution in [0.4, 0.5) is 15.9 Å². The Morgan fingerprint density at radius 1 is 1.14 bits per heavy atom. The summed E-state index contributed by atoms with van der Waals surface area (Å²) in [6.45, 7) is 6.80. The number of hydrogen-bond donors (Lipinski definition) is 1. The third kappa shape index (κ3) is 5.05. The lowest BCUT2D eigenvalue weighted by molar-refractivity contribution is 0.202. The minimum Gasteiger partial charge on any atom is -0.493 e. The molecule has 0 saturated heterocycles. The van der Waals surface area contributed by atoms with E-state index in [9.17, 15) is 4.39 Å². The first-order valence-corrected chi connectivity index (χ1v) is 11.7. The number of benzene rings is 2. The molecule has 4 aromatic rings. The second-order valence-electron chi connectivity index (χ2n) is 8.66. The average molecular weight is 478 g/mol. The van der Waals surface area contributed by atoms with E-state index in [2.05, 4.69) is 25.2 Å². The highest BCUT2D eigenvalue weighted by Gasteiger charge is 2.21. The van der Waals surface area contributed by atoms with Crippen molar-refractivity contribution in [3.63, 3.8) is 0 Å². The smallest absolute Gasteiger partial charge is 0.191 e. The highest BCUT2D eigenvalue weighted by molar-refractivity contribution is 5.93. The van der Waals surface area contributed by atoms with Crippen molar-refractivity contribution in [3.8, 4) is 11.5 Å². The number of aromatic nitrogens is 3. The van der Waals surface area contributed by atoms with Crippen molar-refractivity contribution in [1.29, 1.82) is 0 Å². The molecule has 182 valence electrons. The molecule has 0 amide bonds. The van der Waals surface area contributed by atoms with Gasteiger partial charge in [-0.05, 0) is 43.2 Å². The molecule has 2 aromatic heterocycles. The maximum absolute atomic E-state index is 13.7. The highest BCUT2D eigenvalue weighted by Crippen LogP contribution is 2.35. The Hall–Kier alpha value is -3.72. The molecule has 5 rings (SSSR count). The SMILES string of the molecule is COc1cc2ncnc(Nc3ccc(F)c(C)c3)c2cc1OCCCN1CCc2nc(C)oc2C1. The van der Waals surface area contributed by atoms with Crippen molar-refractivity contribution in [2.75, 3.05) is 32.1 Å². The third-order valence-electron chi connectivity index (χ3n) is 6.13. The zero-order valence-electron chi connectivity index (χ0n) is 20.1. The van der Waals surface area contributed by atoms with Crippen molar-refractivity contribution in [2.24, 2.45) is 0 Å². The van der Waals surface area contributed by atoms with Crippen LogP contribution in [0, 0.1) is 19.7 Å². The highest BCUT2D eigenvalue weighted by atomic mass is 19.1. The van der Waals surface area contributed by atoms with Crippen molar-refractivity contribution in [1.82, 2.24) is 19.9 Å². The lowest BCUT2D eigenvalue weighted by Gasteiger charge is -2.24. The van der Waals surface area contributed by atoms with Crippen LogP contribution >= 0.6 is 0 Å². The molecule has 0 aliphatic carbocycles. The molecule has 0 atom stereocenters. The lowest BCUT2D eigenvalue weighted by Crippen LogP contribution is -2.31. The lowest BCUT2D eigenvalue weighted by atomic mass is 10.1. The third-order valence-corrected chi connectivity index (χ3v) is 6.13. The summed E-state index contributed by atoms with van der Waals surface area (Å²) >= 11 is 0. The van der Waals surface area contributed by atoms with Crippen LogP contribution in [0.1, 0.15) is 29.3 Å². The van der Waals surface area contributed by atoms with Gasteiger partial charge in [-0.1, -0.05) is 0 Å². The molecule has 0 unspecified atom stereocenters. The second-order valence-corrected chi connectivity index (χ2v) is 8.66. The summed E-state index contributed by atoms with van der Waals surface area (Å²) in [4.78, 5) is 15.6. The Bertz CT molecular complexity index is 1360. The average Bonchev–Trinajstić information content (AvgIpc) is 3.23. The van der Waals surface area contributed by atoms with Gasteiger partial charge in [-0.3, -0.25) is 4.90 Å². The van der Waals surface area contributed by atoms with Gasteiger partial charge >= 0.3 is 0 Å². The van der Waals surface area contributed by atoms with Crippen molar-refractivity contribution in [3.05, 3.63) is 65.4 Å². The summed E-state index contributed by atoms with van der Waals surface area (Å²) in [6, 6.07) is 8.59. The number of nitrogens with one attached hydrogen (secondary N) is 1. The van der Waals surface area contributed by atoms with E-state index in [0.29, 0.717) is 29.5 Å². The molecule has 1 aliphatic rings. The minimum absolute atomic E-state index is 0.246. The van der Waals surface area contributed by atoms with Gasteiger partial charge in [0.05, 0.1) is 31.5 Å². The van der Waals surface area contributed by atoms with Gasteiger partial charge in [0.25, 0.3) is 0 Å². The van der Waals surface area contributed by atoms with E-state index in [4.69, 9.17) is 13.9 Å². The summed E-state index contributed by atoms with van der Waals surface area (Å²) in [7, 11) is 1.61. The summed E-state index contributed by atoms with van der Waals surface area (Å²) in [5.74, 6) is 3.31. The van der Waals surface area contributed by atoms with Gasteiger partial charge in [0.15, 0.2) is 17.4 Å². The molecule has 0 saturated carbocycles. The first kappa shape index (κ1) is 23.0. The van der Waals surface area contributed by atoms with Crippen LogP contribution in [-0.4, -0.2) is 46.7 Å².